The summed E-state index contributed by atoms with van der Waals surface area (Å²) in [5.74, 6) is -1.57. The minimum absolute atomic E-state index is 0.112. The third-order valence-electron chi connectivity index (χ3n) is 4.29. The van der Waals surface area contributed by atoms with Crippen LogP contribution in [-0.2, 0) is 22.4 Å². The van der Waals surface area contributed by atoms with Gasteiger partial charge in [0.15, 0.2) is 0 Å². The van der Waals surface area contributed by atoms with E-state index in [2.05, 4.69) is 20.2 Å². The zero-order chi connectivity index (χ0) is 25.8. The number of benzene rings is 2. The Kier molecular flexibility index (Phi) is 12.6. The molecule has 4 rings (SSSR count). The first-order valence-electron chi connectivity index (χ1n) is 10.9. The van der Waals surface area contributed by atoms with Crippen molar-refractivity contribution >= 4 is 24.4 Å². The Bertz CT molecular complexity index is 1120. The Morgan fingerprint density at radius 1 is 0.583 bits per heavy atom. The Morgan fingerprint density at radius 2 is 0.917 bits per heavy atom. The molecule has 0 bridgehead atoms. The van der Waals surface area contributed by atoms with E-state index in [0.29, 0.717) is 0 Å². The Hall–Kier alpha value is -4.98. The number of carboxylic acids is 2. The maximum atomic E-state index is 10.2. The Labute approximate surface area is 209 Å². The summed E-state index contributed by atoms with van der Waals surface area (Å²) in [4.78, 5) is 28.2. The number of pyridine rings is 2. The largest absolute Gasteiger partial charge is 0.481 e. The van der Waals surface area contributed by atoms with E-state index in [1.54, 1.807) is 61.5 Å². The highest BCUT2D eigenvalue weighted by atomic mass is 16.4. The quantitative estimate of drug-likeness (QED) is 0.294. The van der Waals surface area contributed by atoms with E-state index >= 15 is 0 Å². The van der Waals surface area contributed by atoms with Crippen molar-refractivity contribution in [3.8, 4) is 0 Å². The van der Waals surface area contributed by atoms with Crippen molar-refractivity contribution in [2.24, 2.45) is 10.2 Å². The number of aromatic nitrogens is 2. The number of nitrogens with zero attached hydrogens (tertiary/aromatic N) is 4. The first-order valence-corrected chi connectivity index (χ1v) is 10.9. The lowest BCUT2D eigenvalue weighted by Crippen LogP contribution is -1.98. The third kappa shape index (κ3) is 12.9. The van der Waals surface area contributed by atoms with Crippen molar-refractivity contribution < 1.29 is 19.8 Å². The van der Waals surface area contributed by atoms with E-state index in [9.17, 15) is 9.59 Å². The summed E-state index contributed by atoms with van der Waals surface area (Å²) in [6.07, 6.45) is 10.4. The fraction of sp³-hybridized carbons (Fsp3) is 0.0714. The molecule has 2 N–H and O–H groups in total. The van der Waals surface area contributed by atoms with Gasteiger partial charge in [0.1, 0.15) is 0 Å². The molecule has 8 nitrogen and oxygen atoms in total. The molecule has 4 aromatic rings. The number of rotatable bonds is 7. The molecule has 0 radical (unpaired) electrons. The van der Waals surface area contributed by atoms with Gasteiger partial charge in [-0.2, -0.15) is 10.2 Å². The first-order chi connectivity index (χ1) is 17.5. The van der Waals surface area contributed by atoms with Crippen LogP contribution in [0.1, 0.15) is 22.3 Å². The summed E-state index contributed by atoms with van der Waals surface area (Å²) >= 11 is 0. The van der Waals surface area contributed by atoms with Gasteiger partial charge in [-0.1, -0.05) is 60.7 Å². The molecule has 2 aromatic heterocycles. The maximum absolute atomic E-state index is 10.2. The lowest BCUT2D eigenvalue weighted by atomic mass is 10.2. The van der Waals surface area contributed by atoms with E-state index in [1.165, 1.54) is 0 Å². The predicted molar refractivity (Wildman–Crippen MR) is 139 cm³/mol. The van der Waals surface area contributed by atoms with Gasteiger partial charge in [0, 0.05) is 24.8 Å². The zero-order valence-electron chi connectivity index (χ0n) is 19.5. The van der Waals surface area contributed by atoms with E-state index in [-0.39, 0.29) is 12.8 Å². The Balaban J connectivity index is 0.000000200. The number of hydrogen-bond acceptors (Lipinski definition) is 6. The average molecular weight is 483 g/mol. The third-order valence-corrected chi connectivity index (χ3v) is 4.29. The molecule has 2 heterocycles. The van der Waals surface area contributed by atoms with Gasteiger partial charge in [-0.05, 0) is 46.5 Å². The van der Waals surface area contributed by atoms with E-state index in [1.807, 2.05) is 60.7 Å². The average Bonchev–Trinajstić information content (AvgIpc) is 2.89. The summed E-state index contributed by atoms with van der Waals surface area (Å²) in [5.41, 5.74) is 3.63. The lowest BCUT2D eigenvalue weighted by molar-refractivity contribution is -0.137. The van der Waals surface area contributed by atoms with Crippen LogP contribution in [-0.4, -0.2) is 44.5 Å². The van der Waals surface area contributed by atoms with Gasteiger partial charge in [-0.25, -0.2) is 0 Å². The van der Waals surface area contributed by atoms with Crippen LogP contribution in [0.25, 0.3) is 0 Å². The molecule has 0 atom stereocenters. The second-order valence-corrected chi connectivity index (χ2v) is 7.16. The number of aliphatic carboxylic acids is 2. The summed E-state index contributed by atoms with van der Waals surface area (Å²) < 4.78 is 0. The van der Waals surface area contributed by atoms with Crippen LogP contribution in [0.5, 0.6) is 0 Å². The summed E-state index contributed by atoms with van der Waals surface area (Å²) in [5, 5.41) is 24.6. The van der Waals surface area contributed by atoms with Crippen LogP contribution in [0.3, 0.4) is 0 Å². The van der Waals surface area contributed by atoms with Crippen molar-refractivity contribution in [3.05, 3.63) is 132 Å². The van der Waals surface area contributed by atoms with Gasteiger partial charge >= 0.3 is 11.9 Å². The summed E-state index contributed by atoms with van der Waals surface area (Å²) in [6.45, 7) is 0. The molecule has 0 unspecified atom stereocenters. The molecule has 0 aliphatic rings. The van der Waals surface area contributed by atoms with Crippen LogP contribution in [0.15, 0.2) is 120 Å². The highest BCUT2D eigenvalue weighted by molar-refractivity contribution is 5.82. The molecule has 0 amide bonds. The second kappa shape index (κ2) is 16.6. The predicted octanol–water partition coefficient (Wildman–Crippen LogP) is 4.56. The van der Waals surface area contributed by atoms with Crippen LogP contribution < -0.4 is 0 Å². The minimum atomic E-state index is -0.786. The van der Waals surface area contributed by atoms with Crippen molar-refractivity contribution in [3.63, 3.8) is 0 Å². The standard InChI is InChI=1S/C12H10N4.2C8H8O2/c1-5-13-6-2-11(1)9-15-16-10-12-3-7-14-8-4-12;2*9-8(10)6-7-4-2-1-3-5-7/h1-10H;2*1-5H,6H2,(H,9,10)/b15-9+,16-10+;;. The van der Waals surface area contributed by atoms with Gasteiger partial charge in [0.2, 0.25) is 0 Å². The Morgan fingerprint density at radius 3 is 1.22 bits per heavy atom. The van der Waals surface area contributed by atoms with Crippen molar-refractivity contribution in [2.75, 3.05) is 0 Å². The molecule has 0 saturated heterocycles. The highest BCUT2D eigenvalue weighted by Crippen LogP contribution is 1.99. The van der Waals surface area contributed by atoms with Crippen LogP contribution in [0.4, 0.5) is 0 Å². The molecule has 0 saturated carbocycles. The molecule has 0 aliphatic heterocycles. The summed E-state index contributed by atoms with van der Waals surface area (Å²) in [7, 11) is 0. The molecule has 0 fully saturated rings. The van der Waals surface area contributed by atoms with Crippen LogP contribution in [0, 0.1) is 0 Å². The number of carbonyl (C=O) groups is 2. The van der Waals surface area contributed by atoms with Gasteiger partial charge < -0.3 is 10.2 Å². The number of carboxylic acid groups (broad SMARTS) is 2. The van der Waals surface area contributed by atoms with Gasteiger partial charge in [-0.15, -0.1) is 0 Å². The van der Waals surface area contributed by atoms with E-state index in [0.717, 1.165) is 22.3 Å². The van der Waals surface area contributed by atoms with Gasteiger partial charge in [0.05, 0.1) is 25.3 Å². The molecule has 182 valence electrons. The van der Waals surface area contributed by atoms with E-state index in [4.69, 9.17) is 10.2 Å². The van der Waals surface area contributed by atoms with Crippen molar-refractivity contribution in [2.45, 2.75) is 12.8 Å². The SMILES string of the molecule is C(=N\N=C\c1ccncc1)/c1ccncc1.O=C(O)Cc1ccccc1.O=C(O)Cc1ccccc1. The molecule has 2 aromatic carbocycles. The van der Waals surface area contributed by atoms with Crippen LogP contribution in [0.2, 0.25) is 0 Å². The molecular weight excluding hydrogens is 456 g/mol. The molecule has 8 heteroatoms. The monoisotopic (exact) mass is 482 g/mol. The fourth-order valence-corrected chi connectivity index (χ4v) is 2.64. The maximum Gasteiger partial charge on any atom is 0.307 e. The zero-order valence-corrected chi connectivity index (χ0v) is 19.5. The topological polar surface area (TPSA) is 125 Å². The van der Waals surface area contributed by atoms with Crippen LogP contribution >= 0.6 is 0 Å². The summed E-state index contributed by atoms with van der Waals surface area (Å²) in [6, 6.07) is 25.7. The fourth-order valence-electron chi connectivity index (χ4n) is 2.64. The van der Waals surface area contributed by atoms with Crippen molar-refractivity contribution in [1.29, 1.82) is 0 Å². The normalized spacial score (nSPS) is 10.1. The van der Waals surface area contributed by atoms with Gasteiger partial charge in [0.25, 0.3) is 0 Å². The molecule has 0 spiro atoms. The molecule has 36 heavy (non-hydrogen) atoms. The van der Waals surface area contributed by atoms with Gasteiger partial charge in [-0.3, -0.25) is 19.6 Å². The van der Waals surface area contributed by atoms with Crippen molar-refractivity contribution in [1.82, 2.24) is 9.97 Å². The second-order valence-electron chi connectivity index (χ2n) is 7.16. The molecular formula is C28H26N4O4. The minimum Gasteiger partial charge on any atom is -0.481 e. The molecule has 0 aliphatic carbocycles. The van der Waals surface area contributed by atoms with E-state index < -0.39 is 11.9 Å². The highest BCUT2D eigenvalue weighted by Gasteiger charge is 1.97. The smallest absolute Gasteiger partial charge is 0.307 e. The lowest BCUT2D eigenvalue weighted by Gasteiger charge is -1.92. The number of hydrogen-bond donors (Lipinski definition) is 2. The first kappa shape index (κ1) is 27.3.